The highest BCUT2D eigenvalue weighted by atomic mass is 16.5. The van der Waals surface area contributed by atoms with Crippen LogP contribution in [0.3, 0.4) is 0 Å². The molecule has 0 aliphatic carbocycles. The van der Waals surface area contributed by atoms with Gasteiger partial charge < -0.3 is 20.5 Å². The average Bonchev–Trinajstić information content (AvgIpc) is 2.81. The second-order valence-corrected chi connectivity index (χ2v) is 4.87. The molecule has 0 spiro atoms. The molecule has 1 unspecified atom stereocenters. The predicted octanol–water partition coefficient (Wildman–Crippen LogP) is -1.58. The second-order valence-electron chi connectivity index (χ2n) is 4.87. The molecule has 9 nitrogen and oxygen atoms in total. The number of aromatic nitrogens is 2. The monoisotopic (exact) mass is 298 g/mol. The van der Waals surface area contributed by atoms with Crippen LogP contribution in [-0.2, 0) is 4.74 Å². The van der Waals surface area contributed by atoms with Crippen LogP contribution >= 0.6 is 0 Å². The fourth-order valence-electron chi connectivity index (χ4n) is 2.15. The highest BCUT2D eigenvalue weighted by molar-refractivity contribution is 5.73. The van der Waals surface area contributed by atoms with Crippen LogP contribution in [0.2, 0.25) is 0 Å². The molecule has 1 aliphatic heterocycles. The van der Waals surface area contributed by atoms with Gasteiger partial charge in [0.25, 0.3) is 5.56 Å². The summed E-state index contributed by atoms with van der Waals surface area (Å²) in [6.07, 6.45) is -0.518. The van der Waals surface area contributed by atoms with Crippen molar-refractivity contribution in [2.24, 2.45) is 0 Å². The van der Waals surface area contributed by atoms with Gasteiger partial charge in [0, 0.05) is 31.8 Å². The van der Waals surface area contributed by atoms with E-state index in [1.165, 1.54) is 17.8 Å². The molecule has 1 aliphatic rings. The number of aliphatic hydroxyl groups excluding tert-OH is 1. The summed E-state index contributed by atoms with van der Waals surface area (Å²) in [6.45, 7) is 1.69. The normalized spacial score (nSPS) is 24.8. The number of nitrogens with zero attached hydrogens (tertiary/aromatic N) is 1. The molecule has 9 heteroatoms. The van der Waals surface area contributed by atoms with Crippen LogP contribution in [0.4, 0.5) is 4.79 Å². The Hall–Kier alpha value is -2.13. The fourth-order valence-corrected chi connectivity index (χ4v) is 2.15. The summed E-state index contributed by atoms with van der Waals surface area (Å²) in [5.74, 6) is 0. The maximum Gasteiger partial charge on any atom is 0.330 e. The Labute approximate surface area is 119 Å². The molecule has 4 N–H and O–H groups in total. The van der Waals surface area contributed by atoms with Gasteiger partial charge in [0.15, 0.2) is 0 Å². The molecule has 1 saturated heterocycles. The molecule has 2 heterocycles. The van der Waals surface area contributed by atoms with Gasteiger partial charge in [0.2, 0.25) is 0 Å². The Balaban J connectivity index is 2.10. The van der Waals surface area contributed by atoms with E-state index < -0.39 is 29.7 Å². The molecule has 2 rings (SSSR count). The number of aromatic amines is 1. The summed E-state index contributed by atoms with van der Waals surface area (Å²) < 4.78 is 6.81. The van der Waals surface area contributed by atoms with E-state index in [-0.39, 0.29) is 19.0 Å². The summed E-state index contributed by atoms with van der Waals surface area (Å²) in [6, 6.07) is -0.383. The Morgan fingerprint density at radius 1 is 1.57 bits per heavy atom. The second kappa shape index (κ2) is 6.10. The third-order valence-corrected chi connectivity index (χ3v) is 3.35. The average molecular weight is 298 g/mol. The minimum atomic E-state index is -0.814. The van der Waals surface area contributed by atoms with Crippen molar-refractivity contribution in [3.8, 4) is 0 Å². The standard InChI is InChI=1S/C12H18N4O5/c1-6-5-16(12(20)15-10(6)18)9-3-7(17)8(21-9)4-14-11(19)13-2/h5,7-9,17H,3-4H2,1-2H3,(H2,13,14,19)(H,15,18,20)/t7?,8-,9-/m1/s1. The van der Waals surface area contributed by atoms with Crippen LogP contribution in [0.5, 0.6) is 0 Å². The molecule has 1 aromatic rings. The molecule has 0 saturated carbocycles. The van der Waals surface area contributed by atoms with Gasteiger partial charge in [0.05, 0.1) is 6.10 Å². The van der Waals surface area contributed by atoms with Crippen molar-refractivity contribution in [1.29, 1.82) is 0 Å². The Morgan fingerprint density at radius 3 is 2.95 bits per heavy atom. The predicted molar refractivity (Wildman–Crippen MR) is 73.1 cm³/mol. The molecule has 2 amide bonds. The number of urea groups is 1. The van der Waals surface area contributed by atoms with E-state index in [4.69, 9.17) is 4.74 Å². The Bertz CT molecular complexity index is 637. The van der Waals surface area contributed by atoms with Crippen LogP contribution in [-0.4, -0.2) is 46.5 Å². The topological polar surface area (TPSA) is 125 Å². The van der Waals surface area contributed by atoms with Crippen LogP contribution < -0.4 is 21.9 Å². The molecule has 116 valence electrons. The van der Waals surface area contributed by atoms with Crippen molar-refractivity contribution in [2.45, 2.75) is 31.8 Å². The molecule has 1 fully saturated rings. The number of ether oxygens (including phenoxy) is 1. The van der Waals surface area contributed by atoms with Gasteiger partial charge in [-0.3, -0.25) is 14.3 Å². The maximum absolute atomic E-state index is 11.8. The number of rotatable bonds is 3. The van der Waals surface area contributed by atoms with Crippen LogP contribution in [0.25, 0.3) is 0 Å². The largest absolute Gasteiger partial charge is 0.390 e. The minimum Gasteiger partial charge on any atom is -0.390 e. The molecule has 21 heavy (non-hydrogen) atoms. The van der Waals surface area contributed by atoms with E-state index >= 15 is 0 Å². The van der Waals surface area contributed by atoms with Crippen molar-refractivity contribution >= 4 is 6.03 Å². The summed E-state index contributed by atoms with van der Waals surface area (Å²) >= 11 is 0. The number of aryl methyl sites for hydroxylation is 1. The van der Waals surface area contributed by atoms with Crippen LogP contribution in [0, 0.1) is 6.92 Å². The van der Waals surface area contributed by atoms with E-state index in [9.17, 15) is 19.5 Å². The molecule has 3 atom stereocenters. The minimum absolute atomic E-state index is 0.119. The van der Waals surface area contributed by atoms with Gasteiger partial charge in [0.1, 0.15) is 12.3 Å². The fraction of sp³-hybridized carbons (Fsp3) is 0.583. The SMILES string of the molecule is CNC(=O)NC[C@H]1O[C@@H](n2cc(C)c(=O)[nH]c2=O)CC1O. The first-order chi connectivity index (χ1) is 9.92. The first kappa shape index (κ1) is 15.3. The number of carbonyl (C=O) groups excluding carboxylic acids is 1. The van der Waals surface area contributed by atoms with E-state index in [1.807, 2.05) is 0 Å². The number of hydrogen-bond acceptors (Lipinski definition) is 5. The Morgan fingerprint density at radius 2 is 2.29 bits per heavy atom. The van der Waals surface area contributed by atoms with Crippen molar-refractivity contribution in [3.63, 3.8) is 0 Å². The highest BCUT2D eigenvalue weighted by Crippen LogP contribution is 2.27. The zero-order valence-corrected chi connectivity index (χ0v) is 11.8. The lowest BCUT2D eigenvalue weighted by molar-refractivity contribution is -0.0180. The number of amides is 2. The smallest absolute Gasteiger partial charge is 0.330 e. The van der Waals surface area contributed by atoms with Crippen molar-refractivity contribution in [2.75, 3.05) is 13.6 Å². The zero-order chi connectivity index (χ0) is 15.6. The van der Waals surface area contributed by atoms with Gasteiger partial charge >= 0.3 is 11.7 Å². The lowest BCUT2D eigenvalue weighted by atomic mass is 10.2. The van der Waals surface area contributed by atoms with Gasteiger partial charge in [-0.2, -0.15) is 0 Å². The molecule has 1 aromatic heterocycles. The van der Waals surface area contributed by atoms with Crippen LogP contribution in [0.1, 0.15) is 18.2 Å². The van der Waals surface area contributed by atoms with Gasteiger partial charge in [-0.05, 0) is 6.92 Å². The quantitative estimate of drug-likeness (QED) is 0.536. The third-order valence-electron chi connectivity index (χ3n) is 3.35. The van der Waals surface area contributed by atoms with E-state index in [2.05, 4.69) is 15.6 Å². The molecule has 0 bridgehead atoms. The van der Waals surface area contributed by atoms with Crippen molar-refractivity contribution in [1.82, 2.24) is 20.2 Å². The van der Waals surface area contributed by atoms with Crippen LogP contribution in [0.15, 0.2) is 15.8 Å². The number of aliphatic hydroxyl groups is 1. The molecular weight excluding hydrogens is 280 g/mol. The zero-order valence-electron chi connectivity index (χ0n) is 11.8. The molecular formula is C12H18N4O5. The van der Waals surface area contributed by atoms with E-state index in [0.717, 1.165) is 0 Å². The van der Waals surface area contributed by atoms with Crippen molar-refractivity contribution < 1.29 is 14.6 Å². The number of hydrogen-bond donors (Lipinski definition) is 4. The van der Waals surface area contributed by atoms with E-state index in [0.29, 0.717) is 5.56 Å². The highest BCUT2D eigenvalue weighted by Gasteiger charge is 2.35. The van der Waals surface area contributed by atoms with E-state index in [1.54, 1.807) is 6.92 Å². The first-order valence-corrected chi connectivity index (χ1v) is 6.53. The summed E-state index contributed by atoms with van der Waals surface area (Å²) in [7, 11) is 1.48. The molecule has 0 aromatic carbocycles. The molecule has 0 radical (unpaired) electrons. The lowest BCUT2D eigenvalue weighted by Gasteiger charge is -2.16. The van der Waals surface area contributed by atoms with Gasteiger partial charge in [-0.1, -0.05) is 0 Å². The number of H-pyrrole nitrogens is 1. The number of carbonyl (C=O) groups is 1. The Kier molecular flexibility index (Phi) is 4.43. The third kappa shape index (κ3) is 3.31. The summed E-state index contributed by atoms with van der Waals surface area (Å²) in [5, 5.41) is 14.9. The maximum atomic E-state index is 11.8. The van der Waals surface area contributed by atoms with Gasteiger partial charge in [-0.25, -0.2) is 9.59 Å². The summed E-state index contributed by atoms with van der Waals surface area (Å²) in [5.41, 5.74) is -0.671. The first-order valence-electron chi connectivity index (χ1n) is 6.53. The number of nitrogens with one attached hydrogen (secondary N) is 3. The summed E-state index contributed by atoms with van der Waals surface area (Å²) in [4.78, 5) is 36.4. The van der Waals surface area contributed by atoms with Crippen molar-refractivity contribution in [3.05, 3.63) is 32.6 Å². The van der Waals surface area contributed by atoms with Gasteiger partial charge in [-0.15, -0.1) is 0 Å². The lowest BCUT2D eigenvalue weighted by Crippen LogP contribution is -2.41.